The second kappa shape index (κ2) is 2.78. The standard InChI is InChI=1S/C5H5F6NO/c1-3(2(12)13,4(6,7)8)5(9,10)11/h1H3,(H2,12,13). The van der Waals surface area contributed by atoms with E-state index in [1.807, 2.05) is 0 Å². The molecule has 0 saturated heterocycles. The molecule has 0 fully saturated rings. The van der Waals surface area contributed by atoms with Crippen molar-refractivity contribution < 1.29 is 31.1 Å². The van der Waals surface area contributed by atoms with Crippen molar-refractivity contribution in [2.45, 2.75) is 19.3 Å². The van der Waals surface area contributed by atoms with E-state index < -0.39 is 23.7 Å². The summed E-state index contributed by atoms with van der Waals surface area (Å²) in [6.07, 6.45) is -11.5. The molecule has 0 bridgehead atoms. The zero-order valence-corrected chi connectivity index (χ0v) is 6.25. The molecule has 0 aliphatic carbocycles. The number of halogens is 6. The number of carbonyl (C=O) groups excluding carboxylic acids is 1. The molecular formula is C5H5F6NO. The molecule has 0 aromatic rings. The molecule has 0 aliphatic heterocycles. The fourth-order valence-corrected chi connectivity index (χ4v) is 0.440. The molecule has 0 aromatic heterocycles. The molecule has 0 rings (SSSR count). The summed E-state index contributed by atoms with van der Waals surface area (Å²) in [4.78, 5) is 10.1. The Morgan fingerprint density at radius 1 is 1.00 bits per heavy atom. The second-order valence-electron chi connectivity index (χ2n) is 2.48. The number of hydrogen-bond acceptors (Lipinski definition) is 1. The fourth-order valence-electron chi connectivity index (χ4n) is 0.440. The van der Waals surface area contributed by atoms with Gasteiger partial charge < -0.3 is 5.73 Å². The van der Waals surface area contributed by atoms with Crippen LogP contribution in [-0.2, 0) is 4.79 Å². The fraction of sp³-hybridized carbons (Fsp3) is 0.800. The van der Waals surface area contributed by atoms with Gasteiger partial charge in [-0.2, -0.15) is 26.3 Å². The summed E-state index contributed by atoms with van der Waals surface area (Å²) in [5.74, 6) is -2.47. The molecular weight excluding hydrogens is 204 g/mol. The van der Waals surface area contributed by atoms with Gasteiger partial charge in [-0.15, -0.1) is 0 Å². The van der Waals surface area contributed by atoms with Crippen LogP contribution in [0.15, 0.2) is 0 Å². The van der Waals surface area contributed by atoms with E-state index in [-0.39, 0.29) is 6.92 Å². The third-order valence-electron chi connectivity index (χ3n) is 1.63. The van der Waals surface area contributed by atoms with Crippen LogP contribution in [0.1, 0.15) is 6.92 Å². The quantitative estimate of drug-likeness (QED) is 0.655. The van der Waals surface area contributed by atoms with Gasteiger partial charge in [-0.3, -0.25) is 4.79 Å². The molecule has 0 radical (unpaired) electrons. The SMILES string of the molecule is CC(C(N)=O)(C(F)(F)F)C(F)(F)F. The van der Waals surface area contributed by atoms with E-state index in [9.17, 15) is 31.1 Å². The predicted octanol–water partition coefficient (Wildman–Crippen LogP) is 1.60. The zero-order chi connectivity index (χ0) is 11.1. The first kappa shape index (κ1) is 12.0. The van der Waals surface area contributed by atoms with Gasteiger partial charge in [0.15, 0.2) is 0 Å². The molecule has 1 amide bonds. The van der Waals surface area contributed by atoms with Gasteiger partial charge in [0.05, 0.1) is 0 Å². The highest BCUT2D eigenvalue weighted by atomic mass is 19.4. The summed E-state index contributed by atoms with van der Waals surface area (Å²) in [5, 5.41) is 0. The topological polar surface area (TPSA) is 43.1 Å². The smallest absolute Gasteiger partial charge is 0.369 e. The van der Waals surface area contributed by atoms with E-state index in [1.165, 1.54) is 0 Å². The number of hydrogen-bond donors (Lipinski definition) is 1. The minimum absolute atomic E-state index is 0.296. The number of carbonyl (C=O) groups is 1. The van der Waals surface area contributed by atoms with Gasteiger partial charge in [0.25, 0.3) is 0 Å². The lowest BCUT2D eigenvalue weighted by atomic mass is 9.88. The molecule has 13 heavy (non-hydrogen) atoms. The highest BCUT2D eigenvalue weighted by Crippen LogP contribution is 2.49. The van der Waals surface area contributed by atoms with E-state index in [0.717, 1.165) is 0 Å². The largest absolute Gasteiger partial charge is 0.411 e. The number of rotatable bonds is 1. The Hall–Kier alpha value is -0.950. The Kier molecular flexibility index (Phi) is 2.57. The number of nitrogens with two attached hydrogens (primary N) is 1. The van der Waals surface area contributed by atoms with Crippen molar-refractivity contribution in [1.29, 1.82) is 0 Å². The van der Waals surface area contributed by atoms with Gasteiger partial charge in [-0.25, -0.2) is 0 Å². The highest BCUT2D eigenvalue weighted by molar-refractivity contribution is 5.82. The summed E-state index contributed by atoms with van der Waals surface area (Å²) in [7, 11) is 0. The van der Waals surface area contributed by atoms with Crippen LogP contribution in [0, 0.1) is 5.41 Å². The maximum atomic E-state index is 11.8. The van der Waals surface area contributed by atoms with Gasteiger partial charge in [0.2, 0.25) is 11.3 Å². The van der Waals surface area contributed by atoms with Crippen LogP contribution in [0.25, 0.3) is 0 Å². The lowest BCUT2D eigenvalue weighted by Gasteiger charge is -2.30. The Labute approximate surface area is 68.7 Å². The molecule has 0 aliphatic rings. The van der Waals surface area contributed by atoms with Crippen molar-refractivity contribution in [3.8, 4) is 0 Å². The van der Waals surface area contributed by atoms with Gasteiger partial charge >= 0.3 is 12.4 Å². The average Bonchev–Trinajstić information content (AvgIpc) is 1.80. The molecule has 78 valence electrons. The molecule has 0 aromatic carbocycles. The van der Waals surface area contributed by atoms with Crippen LogP contribution in [0.5, 0.6) is 0 Å². The summed E-state index contributed by atoms with van der Waals surface area (Å²) in [6, 6.07) is 0. The number of alkyl halides is 6. The summed E-state index contributed by atoms with van der Waals surface area (Å²) < 4.78 is 71.0. The summed E-state index contributed by atoms with van der Waals surface area (Å²) in [5.41, 5.74) is -0.422. The Morgan fingerprint density at radius 2 is 1.23 bits per heavy atom. The lowest BCUT2D eigenvalue weighted by molar-refractivity contribution is -0.318. The van der Waals surface area contributed by atoms with Crippen molar-refractivity contribution in [3.63, 3.8) is 0 Å². The average molecular weight is 209 g/mol. The monoisotopic (exact) mass is 209 g/mol. The van der Waals surface area contributed by atoms with Crippen LogP contribution in [0.3, 0.4) is 0 Å². The molecule has 0 spiro atoms. The minimum Gasteiger partial charge on any atom is -0.369 e. The van der Waals surface area contributed by atoms with Crippen molar-refractivity contribution in [2.24, 2.45) is 11.1 Å². The van der Waals surface area contributed by atoms with Crippen LogP contribution < -0.4 is 5.73 Å². The molecule has 0 saturated carbocycles. The van der Waals surface area contributed by atoms with E-state index in [0.29, 0.717) is 0 Å². The minimum atomic E-state index is -5.74. The number of primary amides is 1. The van der Waals surface area contributed by atoms with E-state index in [4.69, 9.17) is 0 Å². The Morgan fingerprint density at radius 3 is 1.23 bits per heavy atom. The van der Waals surface area contributed by atoms with Crippen molar-refractivity contribution in [3.05, 3.63) is 0 Å². The van der Waals surface area contributed by atoms with E-state index in [2.05, 4.69) is 5.73 Å². The first-order valence-corrected chi connectivity index (χ1v) is 2.88. The normalized spacial score (nSPS) is 14.4. The predicted molar refractivity (Wildman–Crippen MR) is 29.4 cm³/mol. The lowest BCUT2D eigenvalue weighted by Crippen LogP contribution is -2.56. The highest BCUT2D eigenvalue weighted by Gasteiger charge is 2.71. The molecule has 0 heterocycles. The van der Waals surface area contributed by atoms with E-state index in [1.54, 1.807) is 0 Å². The molecule has 0 unspecified atom stereocenters. The van der Waals surface area contributed by atoms with Crippen molar-refractivity contribution in [2.75, 3.05) is 0 Å². The van der Waals surface area contributed by atoms with Crippen LogP contribution in [0.4, 0.5) is 26.3 Å². The molecule has 2 N–H and O–H groups in total. The summed E-state index contributed by atoms with van der Waals surface area (Å²) in [6.45, 7) is -0.296. The van der Waals surface area contributed by atoms with Crippen molar-refractivity contribution in [1.82, 2.24) is 0 Å². The number of amides is 1. The maximum absolute atomic E-state index is 11.8. The maximum Gasteiger partial charge on any atom is 0.411 e. The Bertz CT molecular complexity index is 202. The van der Waals surface area contributed by atoms with Gasteiger partial charge in [0.1, 0.15) is 0 Å². The third kappa shape index (κ3) is 1.70. The van der Waals surface area contributed by atoms with Crippen LogP contribution >= 0.6 is 0 Å². The van der Waals surface area contributed by atoms with Crippen LogP contribution in [0.2, 0.25) is 0 Å². The first-order chi connectivity index (χ1) is 5.44. The third-order valence-corrected chi connectivity index (χ3v) is 1.63. The van der Waals surface area contributed by atoms with E-state index >= 15 is 0 Å². The van der Waals surface area contributed by atoms with Gasteiger partial charge in [-0.1, -0.05) is 0 Å². The van der Waals surface area contributed by atoms with Crippen LogP contribution in [-0.4, -0.2) is 18.3 Å². The van der Waals surface area contributed by atoms with Gasteiger partial charge in [0, 0.05) is 0 Å². The molecule has 2 nitrogen and oxygen atoms in total. The van der Waals surface area contributed by atoms with Gasteiger partial charge in [-0.05, 0) is 6.92 Å². The second-order valence-corrected chi connectivity index (χ2v) is 2.48. The molecule has 0 atom stereocenters. The van der Waals surface area contributed by atoms with Crippen molar-refractivity contribution >= 4 is 5.91 Å². The Balaban J connectivity index is 5.35. The molecule has 8 heteroatoms. The summed E-state index contributed by atoms with van der Waals surface area (Å²) >= 11 is 0. The first-order valence-electron chi connectivity index (χ1n) is 2.88. The zero-order valence-electron chi connectivity index (χ0n) is 6.25.